The summed E-state index contributed by atoms with van der Waals surface area (Å²) in [5, 5.41) is 0. The normalized spacial score (nSPS) is 25.9. The van der Waals surface area contributed by atoms with Crippen LogP contribution in [0.15, 0.2) is 48.9 Å². The van der Waals surface area contributed by atoms with Gasteiger partial charge >= 0.3 is 6.03 Å². The van der Waals surface area contributed by atoms with Crippen LogP contribution in [0.25, 0.3) is 0 Å². The molecule has 2 amide bonds. The summed E-state index contributed by atoms with van der Waals surface area (Å²) >= 11 is 0. The van der Waals surface area contributed by atoms with Crippen molar-refractivity contribution in [2.45, 2.75) is 12.5 Å². The lowest BCUT2D eigenvalue weighted by Crippen LogP contribution is -2.48. The molecule has 2 rings (SSSR count). The molecule has 2 heterocycles. The molecule has 0 saturated heterocycles. The Kier molecular flexibility index (Phi) is 3.96. The minimum absolute atomic E-state index is 0.199. The van der Waals surface area contributed by atoms with Crippen molar-refractivity contribution in [3.05, 3.63) is 48.9 Å². The Morgan fingerprint density at radius 2 is 1.33 bits per heavy atom. The zero-order chi connectivity index (χ0) is 13.0. The molecule has 18 heavy (non-hydrogen) atoms. The van der Waals surface area contributed by atoms with E-state index in [-0.39, 0.29) is 18.5 Å². The second-order valence-electron chi connectivity index (χ2n) is 3.80. The van der Waals surface area contributed by atoms with E-state index in [0.717, 1.165) is 0 Å². The molecule has 96 valence electrons. The van der Waals surface area contributed by atoms with Gasteiger partial charge in [-0.05, 0) is 24.3 Å². The van der Waals surface area contributed by atoms with Crippen LogP contribution in [-0.4, -0.2) is 42.5 Å². The topological polar surface area (TPSA) is 42.0 Å². The predicted octanol–water partition coefficient (Wildman–Crippen LogP) is 1.82. The molecule has 0 fully saturated rings. The Morgan fingerprint density at radius 3 is 1.72 bits per heavy atom. The molecule has 2 aliphatic heterocycles. The van der Waals surface area contributed by atoms with Gasteiger partial charge in [-0.1, -0.05) is 12.2 Å². The zero-order valence-electron chi connectivity index (χ0n) is 10.4. The first-order valence-electron chi connectivity index (χ1n) is 5.64. The lowest BCUT2D eigenvalue weighted by atomic mass is 10.3. The van der Waals surface area contributed by atoms with Crippen LogP contribution in [0.5, 0.6) is 0 Å². The number of carbonyl (C=O) groups is 1. The summed E-state index contributed by atoms with van der Waals surface area (Å²) in [5.74, 6) is 0. The van der Waals surface area contributed by atoms with Gasteiger partial charge in [0.2, 0.25) is 0 Å². The van der Waals surface area contributed by atoms with Crippen molar-refractivity contribution in [3.63, 3.8) is 0 Å². The number of amides is 2. The Labute approximate surface area is 106 Å². The second kappa shape index (κ2) is 5.66. The van der Waals surface area contributed by atoms with Crippen molar-refractivity contribution in [1.82, 2.24) is 9.80 Å². The lowest BCUT2D eigenvalue weighted by molar-refractivity contribution is 0.00992. The smallest absolute Gasteiger partial charge is 0.332 e. The van der Waals surface area contributed by atoms with Gasteiger partial charge in [0.25, 0.3) is 0 Å². The van der Waals surface area contributed by atoms with Gasteiger partial charge in [0.15, 0.2) is 12.5 Å². The highest BCUT2D eigenvalue weighted by Gasteiger charge is 2.29. The highest BCUT2D eigenvalue weighted by atomic mass is 16.5. The van der Waals surface area contributed by atoms with Crippen molar-refractivity contribution in [2.24, 2.45) is 0 Å². The van der Waals surface area contributed by atoms with E-state index in [1.54, 1.807) is 38.8 Å². The number of hydrogen-bond donors (Lipinski definition) is 0. The van der Waals surface area contributed by atoms with E-state index in [1.165, 1.54) is 9.80 Å². The Hall–Kier alpha value is -1.85. The van der Waals surface area contributed by atoms with Crippen LogP contribution >= 0.6 is 0 Å². The molecule has 5 heteroatoms. The summed E-state index contributed by atoms with van der Waals surface area (Å²) in [7, 11) is 3.13. The Balaban J connectivity index is 2.15. The second-order valence-corrected chi connectivity index (χ2v) is 3.80. The highest BCUT2D eigenvalue weighted by Crippen LogP contribution is 2.17. The highest BCUT2D eigenvalue weighted by molar-refractivity contribution is 5.78. The van der Waals surface area contributed by atoms with E-state index in [9.17, 15) is 4.79 Å². The van der Waals surface area contributed by atoms with Gasteiger partial charge in [0.1, 0.15) is 0 Å². The molecular weight excluding hydrogens is 232 g/mol. The molecule has 0 saturated carbocycles. The van der Waals surface area contributed by atoms with Crippen LogP contribution in [0.3, 0.4) is 0 Å². The molecule has 2 aliphatic rings. The molecule has 0 aromatic carbocycles. The molecule has 0 N–H and O–H groups in total. The third-order valence-corrected chi connectivity index (χ3v) is 2.74. The molecule has 2 unspecified atom stereocenters. The van der Waals surface area contributed by atoms with Crippen molar-refractivity contribution in [3.8, 4) is 0 Å². The van der Waals surface area contributed by atoms with Crippen LogP contribution in [0.2, 0.25) is 0 Å². The van der Waals surface area contributed by atoms with Crippen LogP contribution in [0, 0.1) is 0 Å². The molecule has 0 aromatic rings. The maximum Gasteiger partial charge on any atom is 0.332 e. The molecule has 0 bridgehead atoms. The first-order chi connectivity index (χ1) is 8.77. The number of hydrogen-bond acceptors (Lipinski definition) is 3. The van der Waals surface area contributed by atoms with Crippen LogP contribution in [-0.2, 0) is 9.47 Å². The summed E-state index contributed by atoms with van der Waals surface area (Å²) in [4.78, 5) is 15.4. The van der Waals surface area contributed by atoms with E-state index in [4.69, 9.17) is 9.47 Å². The van der Waals surface area contributed by atoms with Crippen molar-refractivity contribution >= 4 is 6.03 Å². The molecular formula is C13H16N2O3. The third-order valence-electron chi connectivity index (χ3n) is 2.74. The van der Waals surface area contributed by atoms with Gasteiger partial charge in [-0.25, -0.2) is 4.79 Å². The molecule has 5 nitrogen and oxygen atoms in total. The van der Waals surface area contributed by atoms with Crippen LogP contribution in [0.1, 0.15) is 0 Å². The standard InChI is InChI=1S/C13H16N2O3/c1-17-11-7-3-5-9-14(11)13(16)15-10-6-4-8-12(15)18-2/h3-12H,1-2H3. The minimum atomic E-state index is -0.390. The molecule has 2 atom stereocenters. The van der Waals surface area contributed by atoms with E-state index in [2.05, 4.69) is 0 Å². The predicted molar refractivity (Wildman–Crippen MR) is 67.2 cm³/mol. The van der Waals surface area contributed by atoms with Gasteiger partial charge in [-0.2, -0.15) is 0 Å². The molecule has 0 spiro atoms. The van der Waals surface area contributed by atoms with Crippen molar-refractivity contribution < 1.29 is 14.3 Å². The number of urea groups is 1. The maximum atomic E-state index is 12.4. The van der Waals surface area contributed by atoms with E-state index < -0.39 is 0 Å². The van der Waals surface area contributed by atoms with E-state index in [0.29, 0.717) is 0 Å². The van der Waals surface area contributed by atoms with Gasteiger partial charge in [0.05, 0.1) is 0 Å². The summed E-state index contributed by atoms with van der Waals surface area (Å²) < 4.78 is 10.5. The van der Waals surface area contributed by atoms with Gasteiger partial charge in [-0.15, -0.1) is 0 Å². The average molecular weight is 248 g/mol. The van der Waals surface area contributed by atoms with E-state index in [1.807, 2.05) is 24.3 Å². The summed E-state index contributed by atoms with van der Waals surface area (Å²) in [5.41, 5.74) is 0. The fourth-order valence-electron chi connectivity index (χ4n) is 1.82. The van der Waals surface area contributed by atoms with Crippen LogP contribution in [0.4, 0.5) is 4.79 Å². The SMILES string of the molecule is COC1C=CC=CN1C(=O)N1C=CC=CC1OC. The maximum absolute atomic E-state index is 12.4. The fourth-order valence-corrected chi connectivity index (χ4v) is 1.82. The number of methoxy groups -OCH3 is 2. The molecule has 0 aliphatic carbocycles. The van der Waals surface area contributed by atoms with Crippen molar-refractivity contribution in [2.75, 3.05) is 14.2 Å². The lowest BCUT2D eigenvalue weighted by Gasteiger charge is -2.34. The monoisotopic (exact) mass is 248 g/mol. The summed E-state index contributed by atoms with van der Waals surface area (Å²) in [6.07, 6.45) is 13.5. The average Bonchev–Trinajstić information content (AvgIpc) is 2.46. The van der Waals surface area contributed by atoms with Gasteiger partial charge in [-0.3, -0.25) is 9.80 Å². The number of allylic oxidation sites excluding steroid dienone is 4. The first kappa shape index (κ1) is 12.6. The number of carbonyl (C=O) groups excluding carboxylic acids is 1. The minimum Gasteiger partial charge on any atom is -0.357 e. The quantitative estimate of drug-likeness (QED) is 0.748. The Bertz CT molecular complexity index is 388. The summed E-state index contributed by atoms with van der Waals surface area (Å²) in [6.45, 7) is 0. The third kappa shape index (κ3) is 2.37. The van der Waals surface area contributed by atoms with E-state index >= 15 is 0 Å². The number of ether oxygens (including phenoxy) is 2. The largest absolute Gasteiger partial charge is 0.357 e. The van der Waals surface area contributed by atoms with Gasteiger partial charge in [0, 0.05) is 26.6 Å². The zero-order valence-corrected chi connectivity index (χ0v) is 10.4. The fraction of sp³-hybridized carbons (Fsp3) is 0.308. The first-order valence-corrected chi connectivity index (χ1v) is 5.64. The van der Waals surface area contributed by atoms with Gasteiger partial charge < -0.3 is 9.47 Å². The molecule has 0 radical (unpaired) electrons. The molecule has 0 aromatic heterocycles. The Morgan fingerprint density at radius 1 is 0.889 bits per heavy atom. The number of rotatable bonds is 2. The summed E-state index contributed by atoms with van der Waals surface area (Å²) in [6, 6.07) is -0.199. The van der Waals surface area contributed by atoms with Crippen LogP contribution < -0.4 is 0 Å². The van der Waals surface area contributed by atoms with Crippen molar-refractivity contribution in [1.29, 1.82) is 0 Å². The number of nitrogens with zero attached hydrogens (tertiary/aromatic N) is 2.